The van der Waals surface area contributed by atoms with Gasteiger partial charge < -0.3 is 30.7 Å². The number of rotatable bonds is 5. The van der Waals surface area contributed by atoms with Crippen molar-refractivity contribution in [3.63, 3.8) is 0 Å². The van der Waals surface area contributed by atoms with Gasteiger partial charge in [0.2, 0.25) is 5.91 Å². The molecule has 0 aliphatic carbocycles. The third-order valence-electron chi connectivity index (χ3n) is 7.58. The Kier molecular flexibility index (Phi) is 10.8. The third-order valence-corrected chi connectivity index (χ3v) is 9.47. The van der Waals surface area contributed by atoms with Crippen molar-refractivity contribution in [1.82, 2.24) is 30.8 Å². The van der Waals surface area contributed by atoms with Crippen molar-refractivity contribution in [2.75, 3.05) is 26.7 Å². The molecule has 2 aromatic carbocycles. The highest BCUT2D eigenvalue weighted by Gasteiger charge is 2.28. The molecule has 246 valence electrons. The zero-order chi connectivity index (χ0) is 33.5. The maximum atomic E-state index is 13.6. The van der Waals surface area contributed by atoms with Gasteiger partial charge >= 0.3 is 0 Å². The fourth-order valence-electron chi connectivity index (χ4n) is 5.10. The van der Waals surface area contributed by atoms with Gasteiger partial charge in [0.15, 0.2) is 11.5 Å². The Hall–Kier alpha value is -4.82. The molecule has 5 rings (SSSR count). The summed E-state index contributed by atoms with van der Waals surface area (Å²) in [5.41, 5.74) is 1.55. The van der Waals surface area contributed by atoms with E-state index < -0.39 is 29.8 Å². The van der Waals surface area contributed by atoms with Crippen LogP contribution in [-0.4, -0.2) is 70.3 Å². The molecule has 14 heteroatoms. The highest BCUT2D eigenvalue weighted by Crippen LogP contribution is 2.29. The zero-order valence-electron chi connectivity index (χ0n) is 26.2. The van der Waals surface area contributed by atoms with Gasteiger partial charge in [-0.25, -0.2) is 9.97 Å². The standard InChI is InChI=1S/C33H36N6O6S2/c1-19(2)28-32-37-23(17-47-32)29(42)34-12-7-13-39(33(44)21-10-11-26(45-3)25(40)15-21)16-27(41)35-22(14-20-8-5-4-6-9-20)31-36-24(18-46-31)30(43)38-28/h4-6,8-11,15,17-19,22,28,40H,7,12-14,16H2,1-3H3,(H,34,42)(H,35,41)(H,38,43)/t22-,28-/m0/s1. The number of amides is 4. The number of hydrogen-bond donors (Lipinski definition) is 4. The van der Waals surface area contributed by atoms with Crippen molar-refractivity contribution in [2.24, 2.45) is 5.92 Å². The number of aromatic nitrogens is 2. The third kappa shape index (κ3) is 8.32. The number of ether oxygens (including phenoxy) is 1. The molecule has 4 amide bonds. The van der Waals surface area contributed by atoms with Crippen LogP contribution in [0.1, 0.15) is 79.3 Å². The van der Waals surface area contributed by atoms with Crippen molar-refractivity contribution in [3.05, 3.63) is 91.8 Å². The van der Waals surface area contributed by atoms with E-state index in [2.05, 4.69) is 25.9 Å². The van der Waals surface area contributed by atoms with Crippen LogP contribution >= 0.6 is 22.7 Å². The molecule has 4 bridgehead atoms. The number of hydrogen-bond acceptors (Lipinski definition) is 10. The van der Waals surface area contributed by atoms with E-state index in [-0.39, 0.29) is 59.9 Å². The lowest BCUT2D eigenvalue weighted by Gasteiger charge is -2.24. The molecule has 0 saturated carbocycles. The van der Waals surface area contributed by atoms with Crippen molar-refractivity contribution < 1.29 is 29.0 Å². The summed E-state index contributed by atoms with van der Waals surface area (Å²) in [6, 6.07) is 12.8. The minimum absolute atomic E-state index is 0.0190. The SMILES string of the molecule is COc1ccc(C(=O)N2CCCNC(=O)c3csc(n3)[C@H](C(C)C)NC(=O)c3csc(n3)[C@H](Cc3ccccc3)NC(=O)C2)cc1O. The summed E-state index contributed by atoms with van der Waals surface area (Å²) < 4.78 is 5.10. The summed E-state index contributed by atoms with van der Waals surface area (Å²) in [5.74, 6) is -1.71. The highest BCUT2D eigenvalue weighted by atomic mass is 32.1. The maximum absolute atomic E-state index is 13.6. The molecule has 0 saturated heterocycles. The van der Waals surface area contributed by atoms with E-state index in [4.69, 9.17) is 4.74 Å². The highest BCUT2D eigenvalue weighted by molar-refractivity contribution is 7.10. The molecule has 2 aromatic heterocycles. The van der Waals surface area contributed by atoms with Crippen molar-refractivity contribution >= 4 is 46.3 Å². The molecule has 0 fully saturated rings. The fraction of sp³-hybridized carbons (Fsp3) is 0.333. The number of benzene rings is 2. The molecule has 0 radical (unpaired) electrons. The Labute approximate surface area is 280 Å². The van der Waals surface area contributed by atoms with Crippen LogP contribution in [0.2, 0.25) is 0 Å². The molecule has 4 N–H and O–H groups in total. The lowest BCUT2D eigenvalue weighted by atomic mass is 10.0. The van der Waals surface area contributed by atoms with Crippen LogP contribution in [0.3, 0.4) is 0 Å². The molecule has 4 aromatic rings. The molecule has 0 unspecified atom stereocenters. The first-order chi connectivity index (χ1) is 22.6. The van der Waals surface area contributed by atoms with E-state index in [1.54, 1.807) is 10.8 Å². The summed E-state index contributed by atoms with van der Waals surface area (Å²) in [5, 5.41) is 23.6. The van der Waals surface area contributed by atoms with Gasteiger partial charge in [0.1, 0.15) is 21.4 Å². The second-order valence-electron chi connectivity index (χ2n) is 11.4. The summed E-state index contributed by atoms with van der Waals surface area (Å²) in [4.78, 5) is 64.1. The summed E-state index contributed by atoms with van der Waals surface area (Å²) in [7, 11) is 1.41. The van der Waals surface area contributed by atoms with Gasteiger partial charge in [0.25, 0.3) is 17.7 Å². The number of carbonyl (C=O) groups excluding carboxylic acids is 4. The van der Waals surface area contributed by atoms with Crippen molar-refractivity contribution in [1.29, 1.82) is 0 Å². The van der Waals surface area contributed by atoms with Gasteiger partial charge in [-0.1, -0.05) is 44.2 Å². The lowest BCUT2D eigenvalue weighted by Crippen LogP contribution is -2.43. The summed E-state index contributed by atoms with van der Waals surface area (Å²) in [6.45, 7) is 3.97. The van der Waals surface area contributed by atoms with Crippen LogP contribution in [0.4, 0.5) is 0 Å². The van der Waals surface area contributed by atoms with Crippen molar-refractivity contribution in [2.45, 2.75) is 38.8 Å². The zero-order valence-corrected chi connectivity index (χ0v) is 27.8. The van der Waals surface area contributed by atoms with Crippen molar-refractivity contribution in [3.8, 4) is 11.5 Å². The predicted molar refractivity (Wildman–Crippen MR) is 178 cm³/mol. The average Bonchev–Trinajstić information content (AvgIpc) is 3.75. The van der Waals surface area contributed by atoms with Gasteiger partial charge in [-0.15, -0.1) is 22.7 Å². The Morgan fingerprint density at radius 3 is 2.40 bits per heavy atom. The minimum Gasteiger partial charge on any atom is -0.504 e. The first kappa shape index (κ1) is 33.5. The van der Waals surface area contributed by atoms with E-state index >= 15 is 0 Å². The maximum Gasteiger partial charge on any atom is 0.271 e. The van der Waals surface area contributed by atoms with Gasteiger partial charge in [-0.3, -0.25) is 19.2 Å². The first-order valence-electron chi connectivity index (χ1n) is 15.1. The molecule has 1 aliphatic heterocycles. The topological polar surface area (TPSA) is 163 Å². The number of phenolic OH excluding ortho intramolecular Hbond substituents is 1. The van der Waals surface area contributed by atoms with E-state index in [0.717, 1.165) is 5.56 Å². The Morgan fingerprint density at radius 1 is 1.00 bits per heavy atom. The first-order valence-corrected chi connectivity index (χ1v) is 16.9. The van der Waals surface area contributed by atoms with Crippen LogP contribution < -0.4 is 20.7 Å². The Bertz CT molecular complexity index is 1740. The number of methoxy groups -OCH3 is 1. The number of carbonyl (C=O) groups is 4. The van der Waals surface area contributed by atoms with E-state index in [1.165, 1.54) is 52.9 Å². The number of phenols is 1. The Balaban J connectivity index is 1.47. The largest absolute Gasteiger partial charge is 0.504 e. The second kappa shape index (κ2) is 15.2. The predicted octanol–water partition coefficient (Wildman–Crippen LogP) is 4.12. The van der Waals surface area contributed by atoms with Crippen LogP contribution in [0, 0.1) is 5.92 Å². The quantitative estimate of drug-likeness (QED) is 0.246. The van der Waals surface area contributed by atoms with E-state index in [9.17, 15) is 24.3 Å². The molecule has 3 heterocycles. The minimum atomic E-state index is -0.581. The number of nitrogens with one attached hydrogen (secondary N) is 3. The monoisotopic (exact) mass is 676 g/mol. The van der Waals surface area contributed by atoms with Gasteiger partial charge in [-0.05, 0) is 42.5 Å². The van der Waals surface area contributed by atoms with Crippen LogP contribution in [0.15, 0.2) is 59.3 Å². The molecule has 1 aliphatic rings. The van der Waals surface area contributed by atoms with E-state index in [0.29, 0.717) is 22.9 Å². The molecular weight excluding hydrogens is 641 g/mol. The lowest BCUT2D eigenvalue weighted by molar-refractivity contribution is -0.122. The molecule has 47 heavy (non-hydrogen) atoms. The van der Waals surface area contributed by atoms with Gasteiger partial charge in [0.05, 0.1) is 25.7 Å². The van der Waals surface area contributed by atoms with Gasteiger partial charge in [-0.2, -0.15) is 0 Å². The molecule has 2 atom stereocenters. The number of aromatic hydroxyl groups is 1. The number of nitrogens with zero attached hydrogens (tertiary/aromatic N) is 3. The summed E-state index contributed by atoms with van der Waals surface area (Å²) >= 11 is 2.55. The van der Waals surface area contributed by atoms with Crippen LogP contribution in [-0.2, 0) is 11.2 Å². The van der Waals surface area contributed by atoms with Crippen LogP contribution in [0.25, 0.3) is 0 Å². The Morgan fingerprint density at radius 2 is 1.70 bits per heavy atom. The molecule has 0 spiro atoms. The van der Waals surface area contributed by atoms with Crippen LogP contribution in [0.5, 0.6) is 11.5 Å². The fourth-order valence-corrected chi connectivity index (χ4v) is 6.97. The van der Waals surface area contributed by atoms with Gasteiger partial charge in [0, 0.05) is 29.4 Å². The number of fused-ring (bicyclic) bond motifs is 4. The second-order valence-corrected chi connectivity index (χ2v) is 13.1. The average molecular weight is 677 g/mol. The smallest absolute Gasteiger partial charge is 0.271 e. The normalized spacial score (nSPS) is 18.0. The number of thiazole rings is 2. The molecule has 12 nitrogen and oxygen atoms in total. The molecular formula is C33H36N6O6S2. The summed E-state index contributed by atoms with van der Waals surface area (Å²) in [6.07, 6.45) is 0.752. The van der Waals surface area contributed by atoms with E-state index in [1.807, 2.05) is 44.2 Å².